The maximum Gasteiger partial charge on any atom is 0.243 e. The van der Waals surface area contributed by atoms with Gasteiger partial charge in [0.25, 0.3) is 0 Å². The summed E-state index contributed by atoms with van der Waals surface area (Å²) in [5.74, 6) is -0.483. The summed E-state index contributed by atoms with van der Waals surface area (Å²) in [6.07, 6.45) is 3.12. The Bertz CT molecular complexity index is 856. The molecule has 0 radical (unpaired) electrons. The first kappa shape index (κ1) is 22.6. The van der Waals surface area contributed by atoms with Crippen molar-refractivity contribution in [3.63, 3.8) is 0 Å². The van der Waals surface area contributed by atoms with Crippen LogP contribution in [0.1, 0.15) is 36.8 Å². The molecular formula is C23H26Cl2N2O3. The second kappa shape index (κ2) is 10.8. The Balaban J connectivity index is 1.67. The molecule has 0 spiro atoms. The quantitative estimate of drug-likeness (QED) is 0.604. The fraction of sp³-hybridized carbons (Fsp3) is 0.391. The van der Waals surface area contributed by atoms with Gasteiger partial charge in [0.1, 0.15) is 6.04 Å². The van der Waals surface area contributed by atoms with E-state index in [1.165, 1.54) is 0 Å². The zero-order chi connectivity index (χ0) is 21.5. The maximum atomic E-state index is 13.0. The zero-order valence-electron chi connectivity index (χ0n) is 16.6. The van der Waals surface area contributed by atoms with E-state index >= 15 is 0 Å². The minimum atomic E-state index is -0.718. The van der Waals surface area contributed by atoms with Crippen molar-refractivity contribution in [1.29, 1.82) is 0 Å². The van der Waals surface area contributed by atoms with Crippen molar-refractivity contribution in [2.45, 2.75) is 56.7 Å². The van der Waals surface area contributed by atoms with Gasteiger partial charge in [-0.1, -0.05) is 47.5 Å². The van der Waals surface area contributed by atoms with Crippen LogP contribution >= 0.6 is 23.2 Å². The normalized spacial score (nSPS) is 19.7. The Morgan fingerprint density at radius 1 is 0.967 bits per heavy atom. The van der Waals surface area contributed by atoms with Crippen molar-refractivity contribution < 1.29 is 14.7 Å². The highest BCUT2D eigenvalue weighted by Gasteiger charge is 2.26. The van der Waals surface area contributed by atoms with Gasteiger partial charge in [-0.05, 0) is 61.1 Å². The van der Waals surface area contributed by atoms with Crippen LogP contribution in [0.4, 0.5) is 0 Å². The van der Waals surface area contributed by atoms with Gasteiger partial charge in [0.15, 0.2) is 0 Å². The molecule has 5 nitrogen and oxygen atoms in total. The lowest BCUT2D eigenvalue weighted by molar-refractivity contribution is -0.129. The van der Waals surface area contributed by atoms with Crippen LogP contribution in [-0.4, -0.2) is 35.1 Å². The van der Waals surface area contributed by atoms with E-state index in [1.807, 2.05) is 12.1 Å². The molecule has 2 aromatic carbocycles. The molecule has 3 N–H and O–H groups in total. The third-order valence-corrected chi connectivity index (χ3v) is 5.78. The summed E-state index contributed by atoms with van der Waals surface area (Å²) < 4.78 is 0. The Hall–Kier alpha value is -2.08. The van der Waals surface area contributed by atoms with E-state index in [2.05, 4.69) is 10.6 Å². The summed E-state index contributed by atoms with van der Waals surface area (Å²) in [7, 11) is 0. The van der Waals surface area contributed by atoms with Crippen LogP contribution < -0.4 is 10.6 Å². The van der Waals surface area contributed by atoms with Crippen molar-refractivity contribution in [3.05, 3.63) is 69.7 Å². The largest absolute Gasteiger partial charge is 0.393 e. The van der Waals surface area contributed by atoms with E-state index in [0.29, 0.717) is 22.9 Å². The molecule has 0 aliphatic heterocycles. The van der Waals surface area contributed by atoms with Crippen molar-refractivity contribution in [3.8, 4) is 0 Å². The van der Waals surface area contributed by atoms with Crippen molar-refractivity contribution in [2.75, 3.05) is 0 Å². The maximum absolute atomic E-state index is 13.0. The van der Waals surface area contributed by atoms with Gasteiger partial charge in [-0.3, -0.25) is 9.59 Å². The van der Waals surface area contributed by atoms with E-state index in [4.69, 9.17) is 23.2 Å². The highest BCUT2D eigenvalue weighted by atomic mass is 35.5. The monoisotopic (exact) mass is 448 g/mol. The molecule has 0 bridgehead atoms. The number of hydrogen-bond acceptors (Lipinski definition) is 3. The van der Waals surface area contributed by atoms with Crippen LogP contribution in [0, 0.1) is 0 Å². The molecule has 3 rings (SSSR count). The fourth-order valence-corrected chi connectivity index (χ4v) is 3.95. The topological polar surface area (TPSA) is 78.4 Å². The minimum absolute atomic E-state index is 0.0814. The molecule has 0 aromatic heterocycles. The number of carbonyl (C=O) groups is 2. The predicted molar refractivity (Wildman–Crippen MR) is 119 cm³/mol. The molecule has 0 saturated heterocycles. The van der Waals surface area contributed by atoms with Gasteiger partial charge in [0.2, 0.25) is 11.8 Å². The first-order chi connectivity index (χ1) is 14.4. The van der Waals surface area contributed by atoms with Crippen molar-refractivity contribution in [1.82, 2.24) is 10.6 Å². The summed E-state index contributed by atoms with van der Waals surface area (Å²) in [6, 6.07) is 13.5. The van der Waals surface area contributed by atoms with E-state index in [9.17, 15) is 14.7 Å². The number of rotatable bonds is 7. The third kappa shape index (κ3) is 7.01. The van der Waals surface area contributed by atoms with Gasteiger partial charge in [0, 0.05) is 22.5 Å². The number of halogens is 2. The number of benzene rings is 2. The lowest BCUT2D eigenvalue weighted by atomic mass is 9.92. The number of hydrogen-bond donors (Lipinski definition) is 3. The molecule has 2 aromatic rings. The molecule has 1 saturated carbocycles. The van der Waals surface area contributed by atoms with E-state index < -0.39 is 12.1 Å². The number of aliphatic hydroxyl groups is 1. The molecule has 7 heteroatoms. The Morgan fingerprint density at radius 2 is 1.57 bits per heavy atom. The molecule has 30 heavy (non-hydrogen) atoms. The fourth-order valence-electron chi connectivity index (χ4n) is 3.70. The molecule has 1 aliphatic rings. The molecule has 3 atom stereocenters. The zero-order valence-corrected chi connectivity index (χ0v) is 18.1. The molecular weight excluding hydrogens is 423 g/mol. The standard InChI is InChI=1S/C23H26Cl2N2O3/c24-17-8-4-15(5-9-17)12-21(23(30)26-19-2-1-3-20(28)14-19)27-22(29)13-16-6-10-18(25)11-7-16/h4-11,19-21,28H,1-3,12-14H2,(H,26,30)(H,27,29)/t19?,20?,21-/m1/s1. The summed E-state index contributed by atoms with van der Waals surface area (Å²) >= 11 is 11.9. The van der Waals surface area contributed by atoms with Gasteiger partial charge >= 0.3 is 0 Å². The van der Waals surface area contributed by atoms with Crippen molar-refractivity contribution >= 4 is 35.0 Å². The molecule has 0 heterocycles. The lowest BCUT2D eigenvalue weighted by Crippen LogP contribution is -2.52. The summed E-state index contributed by atoms with van der Waals surface area (Å²) in [5, 5.41) is 17.0. The number of aliphatic hydroxyl groups excluding tert-OH is 1. The second-order valence-corrected chi connectivity index (χ2v) is 8.65. The van der Waals surface area contributed by atoms with Crippen LogP contribution in [0.3, 0.4) is 0 Å². The summed E-state index contributed by atoms with van der Waals surface area (Å²) in [4.78, 5) is 25.6. The Kier molecular flexibility index (Phi) is 8.14. The Labute approximate surface area is 186 Å². The average Bonchev–Trinajstić information content (AvgIpc) is 2.71. The molecule has 1 aliphatic carbocycles. The van der Waals surface area contributed by atoms with E-state index in [-0.39, 0.29) is 24.3 Å². The number of amides is 2. The van der Waals surface area contributed by atoms with Gasteiger partial charge in [-0.25, -0.2) is 0 Å². The first-order valence-corrected chi connectivity index (χ1v) is 10.9. The molecule has 1 fully saturated rings. The SMILES string of the molecule is O=C(Cc1ccc(Cl)cc1)N[C@H](Cc1ccc(Cl)cc1)C(=O)NC1CCCC(O)C1. The minimum Gasteiger partial charge on any atom is -0.393 e. The van der Waals surface area contributed by atoms with Crippen LogP contribution in [0.2, 0.25) is 10.0 Å². The predicted octanol–water partition coefficient (Wildman–Crippen LogP) is 3.68. The van der Waals surface area contributed by atoms with E-state index in [0.717, 1.165) is 30.4 Å². The van der Waals surface area contributed by atoms with Crippen LogP contribution in [0.25, 0.3) is 0 Å². The van der Waals surface area contributed by atoms with Gasteiger partial charge < -0.3 is 15.7 Å². The summed E-state index contributed by atoms with van der Waals surface area (Å²) in [6.45, 7) is 0. The second-order valence-electron chi connectivity index (χ2n) is 7.78. The van der Waals surface area contributed by atoms with Gasteiger partial charge in [-0.2, -0.15) is 0 Å². The third-order valence-electron chi connectivity index (χ3n) is 5.28. The Morgan fingerprint density at radius 3 is 2.17 bits per heavy atom. The lowest BCUT2D eigenvalue weighted by Gasteiger charge is -2.28. The first-order valence-electron chi connectivity index (χ1n) is 10.2. The molecule has 160 valence electrons. The van der Waals surface area contributed by atoms with Gasteiger partial charge in [0.05, 0.1) is 12.5 Å². The van der Waals surface area contributed by atoms with Crippen LogP contribution in [0.15, 0.2) is 48.5 Å². The smallest absolute Gasteiger partial charge is 0.243 e. The highest BCUT2D eigenvalue weighted by molar-refractivity contribution is 6.30. The van der Waals surface area contributed by atoms with Crippen molar-refractivity contribution in [2.24, 2.45) is 0 Å². The highest BCUT2D eigenvalue weighted by Crippen LogP contribution is 2.19. The molecule has 2 amide bonds. The van der Waals surface area contributed by atoms with E-state index in [1.54, 1.807) is 36.4 Å². The number of carbonyl (C=O) groups excluding carboxylic acids is 2. The van der Waals surface area contributed by atoms with Crippen LogP contribution in [0.5, 0.6) is 0 Å². The van der Waals surface area contributed by atoms with Crippen LogP contribution in [-0.2, 0) is 22.4 Å². The average molecular weight is 449 g/mol. The van der Waals surface area contributed by atoms with Gasteiger partial charge in [-0.15, -0.1) is 0 Å². The number of nitrogens with one attached hydrogen (secondary N) is 2. The molecule has 2 unspecified atom stereocenters. The summed E-state index contributed by atoms with van der Waals surface area (Å²) in [5.41, 5.74) is 1.72.